The predicted octanol–water partition coefficient (Wildman–Crippen LogP) is 3.48. The SMILES string of the molecule is CCCN1CCN(Cc2cc(C(=O)N(NCC(C)C)c3nc(C#N)ncc3Cl)ccc2F)CC1. The second-order valence-electron chi connectivity index (χ2n) is 8.80. The smallest absolute Gasteiger partial charge is 0.274 e. The molecule has 1 saturated heterocycles. The van der Waals surface area contributed by atoms with Crippen molar-refractivity contribution in [2.45, 2.75) is 33.7 Å². The molecular formula is C24H31ClFN7O. The summed E-state index contributed by atoms with van der Waals surface area (Å²) in [6.45, 7) is 11.7. The molecule has 1 N–H and O–H groups in total. The summed E-state index contributed by atoms with van der Waals surface area (Å²) in [6, 6.07) is 6.21. The summed E-state index contributed by atoms with van der Waals surface area (Å²) in [4.78, 5) is 26.1. The summed E-state index contributed by atoms with van der Waals surface area (Å²) in [5.74, 6) is -0.593. The van der Waals surface area contributed by atoms with Crippen LogP contribution < -0.4 is 10.4 Å². The van der Waals surface area contributed by atoms with Gasteiger partial charge in [0.05, 0.1) is 6.20 Å². The lowest BCUT2D eigenvalue weighted by molar-refractivity contribution is 0.0971. The first-order valence-corrected chi connectivity index (χ1v) is 11.9. The number of carbonyl (C=O) groups is 1. The minimum absolute atomic E-state index is 0.0804. The highest BCUT2D eigenvalue weighted by Crippen LogP contribution is 2.24. The number of nitriles is 1. The number of hydrazine groups is 1. The molecule has 8 nitrogen and oxygen atoms in total. The van der Waals surface area contributed by atoms with E-state index in [0.717, 1.165) is 39.1 Å². The van der Waals surface area contributed by atoms with Crippen molar-refractivity contribution in [3.8, 4) is 6.07 Å². The van der Waals surface area contributed by atoms with Gasteiger partial charge in [-0.05, 0) is 37.1 Å². The van der Waals surface area contributed by atoms with Gasteiger partial charge in [-0.15, -0.1) is 0 Å². The molecule has 2 heterocycles. The molecule has 1 aromatic heterocycles. The molecule has 0 radical (unpaired) electrons. The maximum Gasteiger partial charge on any atom is 0.274 e. The lowest BCUT2D eigenvalue weighted by Crippen LogP contribution is -2.46. The minimum Gasteiger partial charge on any atom is -0.301 e. The van der Waals surface area contributed by atoms with Gasteiger partial charge in [-0.1, -0.05) is 32.4 Å². The molecule has 0 bridgehead atoms. The fourth-order valence-corrected chi connectivity index (χ4v) is 3.95. The molecule has 0 unspecified atom stereocenters. The first kappa shape index (κ1) is 26.0. The van der Waals surface area contributed by atoms with E-state index in [9.17, 15) is 14.4 Å². The van der Waals surface area contributed by atoms with E-state index in [0.29, 0.717) is 24.2 Å². The van der Waals surface area contributed by atoms with E-state index in [-0.39, 0.29) is 28.4 Å². The summed E-state index contributed by atoms with van der Waals surface area (Å²) in [5, 5.41) is 10.5. The van der Waals surface area contributed by atoms with Crippen LogP contribution in [0.5, 0.6) is 0 Å². The Labute approximate surface area is 205 Å². The van der Waals surface area contributed by atoms with Crippen LogP contribution in [0.1, 0.15) is 48.9 Å². The van der Waals surface area contributed by atoms with Crippen LogP contribution in [-0.2, 0) is 6.54 Å². The first-order valence-electron chi connectivity index (χ1n) is 11.6. The third-order valence-electron chi connectivity index (χ3n) is 5.59. The van der Waals surface area contributed by atoms with Crippen molar-refractivity contribution in [2.24, 2.45) is 5.92 Å². The normalized spacial score (nSPS) is 14.9. The monoisotopic (exact) mass is 487 g/mol. The van der Waals surface area contributed by atoms with Crippen molar-refractivity contribution in [3.05, 3.63) is 52.2 Å². The van der Waals surface area contributed by atoms with Gasteiger partial charge in [-0.2, -0.15) is 10.2 Å². The molecule has 1 aliphatic heterocycles. The molecule has 1 aliphatic rings. The van der Waals surface area contributed by atoms with E-state index < -0.39 is 5.91 Å². The maximum atomic E-state index is 14.7. The highest BCUT2D eigenvalue weighted by Gasteiger charge is 2.24. The van der Waals surface area contributed by atoms with Gasteiger partial charge in [-0.25, -0.2) is 19.8 Å². The average molecular weight is 488 g/mol. The number of carbonyl (C=O) groups excluding carboxylic acids is 1. The van der Waals surface area contributed by atoms with Gasteiger partial charge >= 0.3 is 0 Å². The molecule has 0 saturated carbocycles. The molecule has 1 fully saturated rings. The Morgan fingerprint density at radius 1 is 1.29 bits per heavy atom. The Bertz CT molecular complexity index is 1030. The molecule has 0 aliphatic carbocycles. The number of nitrogens with zero attached hydrogens (tertiary/aromatic N) is 6. The Hall–Kier alpha value is -2.64. The summed E-state index contributed by atoms with van der Waals surface area (Å²) in [7, 11) is 0. The molecule has 0 atom stereocenters. The van der Waals surface area contributed by atoms with E-state index >= 15 is 0 Å². The highest BCUT2D eigenvalue weighted by atomic mass is 35.5. The van der Waals surface area contributed by atoms with Gasteiger partial charge in [0, 0.05) is 50.4 Å². The average Bonchev–Trinajstić information content (AvgIpc) is 2.82. The Kier molecular flexibility index (Phi) is 9.30. The Morgan fingerprint density at radius 2 is 2.00 bits per heavy atom. The standard InChI is InChI=1S/C24H31ClFN7O/c1-4-7-31-8-10-32(11-9-31)16-19-12-18(5-6-21(19)26)24(34)33(29-14-17(2)3)23-20(25)15-28-22(13-27)30-23/h5-6,12,15,17,29H,4,7-11,14,16H2,1-3H3. The van der Waals surface area contributed by atoms with E-state index in [1.807, 2.05) is 19.9 Å². The lowest BCUT2D eigenvalue weighted by Gasteiger charge is -2.34. The van der Waals surface area contributed by atoms with Crippen LogP contribution in [0, 0.1) is 23.1 Å². The Morgan fingerprint density at radius 3 is 2.65 bits per heavy atom. The Balaban J connectivity index is 1.84. The van der Waals surface area contributed by atoms with E-state index in [2.05, 4.69) is 32.1 Å². The molecule has 2 aromatic rings. The summed E-state index contributed by atoms with van der Waals surface area (Å²) < 4.78 is 14.7. The predicted molar refractivity (Wildman–Crippen MR) is 130 cm³/mol. The number of amides is 1. The summed E-state index contributed by atoms with van der Waals surface area (Å²) in [5.41, 5.74) is 3.81. The van der Waals surface area contributed by atoms with Crippen LogP contribution >= 0.6 is 11.6 Å². The third kappa shape index (κ3) is 6.70. The molecule has 182 valence electrons. The summed E-state index contributed by atoms with van der Waals surface area (Å²) >= 11 is 6.28. The maximum absolute atomic E-state index is 14.7. The van der Waals surface area contributed by atoms with Crippen molar-refractivity contribution in [1.29, 1.82) is 5.26 Å². The number of nitrogens with one attached hydrogen (secondary N) is 1. The molecular weight excluding hydrogens is 457 g/mol. The highest BCUT2D eigenvalue weighted by molar-refractivity contribution is 6.33. The van der Waals surface area contributed by atoms with Crippen molar-refractivity contribution >= 4 is 23.3 Å². The number of hydrogen-bond acceptors (Lipinski definition) is 7. The number of halogens is 2. The van der Waals surface area contributed by atoms with Crippen LogP contribution in [0.2, 0.25) is 5.02 Å². The number of benzene rings is 1. The second kappa shape index (κ2) is 12.2. The second-order valence-corrected chi connectivity index (χ2v) is 9.20. The number of hydrogen-bond donors (Lipinski definition) is 1. The topological polar surface area (TPSA) is 88.4 Å². The van der Waals surface area contributed by atoms with Crippen LogP contribution in [0.25, 0.3) is 0 Å². The minimum atomic E-state index is -0.445. The molecule has 1 aromatic carbocycles. The van der Waals surface area contributed by atoms with Crippen molar-refractivity contribution in [3.63, 3.8) is 0 Å². The fraction of sp³-hybridized carbons (Fsp3) is 0.500. The zero-order chi connectivity index (χ0) is 24.7. The van der Waals surface area contributed by atoms with Crippen molar-refractivity contribution < 1.29 is 9.18 Å². The van der Waals surface area contributed by atoms with Gasteiger partial charge in [0.1, 0.15) is 16.9 Å². The van der Waals surface area contributed by atoms with Gasteiger partial charge in [-0.3, -0.25) is 9.69 Å². The summed E-state index contributed by atoms with van der Waals surface area (Å²) in [6.07, 6.45) is 2.40. The fourth-order valence-electron chi connectivity index (χ4n) is 3.77. The van der Waals surface area contributed by atoms with Crippen LogP contribution in [0.3, 0.4) is 0 Å². The van der Waals surface area contributed by atoms with Gasteiger partial charge in [0.25, 0.3) is 5.91 Å². The van der Waals surface area contributed by atoms with Crippen molar-refractivity contribution in [1.82, 2.24) is 25.2 Å². The lowest BCUT2D eigenvalue weighted by atomic mass is 10.1. The zero-order valence-corrected chi connectivity index (χ0v) is 20.6. The molecule has 10 heteroatoms. The van der Waals surface area contributed by atoms with Crippen molar-refractivity contribution in [2.75, 3.05) is 44.3 Å². The van der Waals surface area contributed by atoms with Gasteiger partial charge < -0.3 is 4.90 Å². The van der Waals surface area contributed by atoms with Gasteiger partial charge in [0.15, 0.2) is 5.82 Å². The molecule has 3 rings (SSSR count). The van der Waals surface area contributed by atoms with E-state index in [1.165, 1.54) is 23.3 Å². The number of anilines is 1. The number of aromatic nitrogens is 2. The van der Waals surface area contributed by atoms with Crippen LogP contribution in [0.4, 0.5) is 10.2 Å². The molecule has 1 amide bonds. The van der Waals surface area contributed by atoms with Crippen LogP contribution in [-0.4, -0.2) is 64.9 Å². The third-order valence-corrected chi connectivity index (χ3v) is 5.86. The van der Waals surface area contributed by atoms with E-state index in [4.69, 9.17) is 11.6 Å². The largest absolute Gasteiger partial charge is 0.301 e. The van der Waals surface area contributed by atoms with E-state index in [1.54, 1.807) is 6.07 Å². The first-order chi connectivity index (χ1) is 16.3. The number of rotatable bonds is 9. The zero-order valence-electron chi connectivity index (χ0n) is 19.9. The van der Waals surface area contributed by atoms with Gasteiger partial charge in [0.2, 0.25) is 5.82 Å². The number of piperazine rings is 1. The van der Waals surface area contributed by atoms with Crippen LogP contribution in [0.15, 0.2) is 24.4 Å². The molecule has 0 spiro atoms. The molecule has 34 heavy (non-hydrogen) atoms. The quantitative estimate of drug-likeness (QED) is 0.542.